The summed E-state index contributed by atoms with van der Waals surface area (Å²) in [6.07, 6.45) is 0. The van der Waals surface area contributed by atoms with Crippen molar-refractivity contribution in [1.82, 2.24) is 4.72 Å². The largest absolute Gasteiger partial charge is 0.399 e. The summed E-state index contributed by atoms with van der Waals surface area (Å²) >= 11 is 0. The fraction of sp³-hybridized carbons (Fsp3) is 0.250. The lowest BCUT2D eigenvalue weighted by molar-refractivity contribution is 0.314. The Morgan fingerprint density at radius 3 is 2.40 bits per heavy atom. The van der Waals surface area contributed by atoms with E-state index in [1.54, 1.807) is 6.92 Å². The Labute approximate surface area is 88.5 Å². The zero-order valence-corrected chi connectivity index (χ0v) is 9.03. The van der Waals surface area contributed by atoms with Gasteiger partial charge in [-0.05, 0) is 24.3 Å². The summed E-state index contributed by atoms with van der Waals surface area (Å²) < 4.78 is 25.0. The van der Waals surface area contributed by atoms with E-state index in [0.717, 1.165) is 0 Å². The maximum Gasteiger partial charge on any atom is 0.324 e. The third kappa shape index (κ3) is 2.82. The van der Waals surface area contributed by atoms with Gasteiger partial charge >= 0.3 is 10.2 Å². The minimum atomic E-state index is -3.88. The van der Waals surface area contributed by atoms with Gasteiger partial charge in [0.15, 0.2) is 0 Å². The van der Waals surface area contributed by atoms with Crippen molar-refractivity contribution in [2.24, 2.45) is 0 Å². The minimum Gasteiger partial charge on any atom is -0.399 e. The number of hydrogen-bond acceptors (Lipinski definition) is 4. The van der Waals surface area contributed by atoms with E-state index in [0.29, 0.717) is 5.69 Å². The Balaban J connectivity index is 2.94. The summed E-state index contributed by atoms with van der Waals surface area (Å²) in [6.45, 7) is 1.82. The van der Waals surface area contributed by atoms with E-state index >= 15 is 0 Å². The molecule has 1 aromatic carbocycles. The molecule has 0 fully saturated rings. The zero-order valence-electron chi connectivity index (χ0n) is 8.21. The molecule has 0 saturated heterocycles. The van der Waals surface area contributed by atoms with Gasteiger partial charge in [-0.2, -0.15) is 13.1 Å². The van der Waals surface area contributed by atoms with E-state index in [1.165, 1.54) is 24.3 Å². The first-order valence-electron chi connectivity index (χ1n) is 4.31. The molecular weight excluding hydrogens is 218 g/mol. The van der Waals surface area contributed by atoms with Crippen molar-refractivity contribution in [2.45, 2.75) is 6.92 Å². The van der Waals surface area contributed by atoms with Crippen LogP contribution in [-0.4, -0.2) is 20.2 Å². The number of benzene rings is 1. The van der Waals surface area contributed by atoms with E-state index in [4.69, 9.17) is 5.73 Å². The van der Waals surface area contributed by atoms with Gasteiger partial charge in [0.25, 0.3) is 0 Å². The second-order valence-corrected chi connectivity index (χ2v) is 4.42. The molecule has 1 aromatic rings. The quantitative estimate of drug-likeness (QED) is 0.513. The van der Waals surface area contributed by atoms with Crippen LogP contribution in [0.1, 0.15) is 6.92 Å². The van der Waals surface area contributed by atoms with Crippen molar-refractivity contribution in [3.05, 3.63) is 24.3 Å². The Morgan fingerprint density at radius 2 is 1.93 bits per heavy atom. The van der Waals surface area contributed by atoms with E-state index < -0.39 is 10.2 Å². The van der Waals surface area contributed by atoms with Crippen LogP contribution in [0.25, 0.3) is 0 Å². The highest BCUT2D eigenvalue weighted by molar-refractivity contribution is 7.90. The van der Waals surface area contributed by atoms with Crippen LogP contribution in [0.2, 0.25) is 0 Å². The maximum atomic E-state index is 11.3. The Bertz CT molecular complexity index is 415. The Morgan fingerprint density at radius 1 is 1.40 bits per heavy atom. The van der Waals surface area contributed by atoms with Crippen molar-refractivity contribution in [3.8, 4) is 0 Å². The lowest BCUT2D eigenvalue weighted by Gasteiger charge is -2.16. The van der Waals surface area contributed by atoms with Crippen molar-refractivity contribution < 1.29 is 13.6 Å². The van der Waals surface area contributed by atoms with Gasteiger partial charge in [-0.15, -0.1) is 4.47 Å². The Hall–Kier alpha value is -1.31. The van der Waals surface area contributed by atoms with Crippen molar-refractivity contribution in [1.29, 1.82) is 0 Å². The number of anilines is 2. The summed E-state index contributed by atoms with van der Waals surface area (Å²) in [4.78, 5) is 0. The number of hydrogen-bond donors (Lipinski definition) is 3. The average Bonchev–Trinajstić information content (AvgIpc) is 2.18. The van der Waals surface area contributed by atoms with Gasteiger partial charge in [0, 0.05) is 12.2 Å². The van der Waals surface area contributed by atoms with E-state index in [-0.39, 0.29) is 16.7 Å². The average molecular weight is 231 g/mol. The molecule has 0 unspecified atom stereocenters. The van der Waals surface area contributed by atoms with Crippen LogP contribution >= 0.6 is 0 Å². The molecule has 84 valence electrons. The lowest BCUT2D eigenvalue weighted by Crippen LogP contribution is -2.38. The first kappa shape index (κ1) is 11.8. The molecule has 4 N–H and O–H groups in total. The monoisotopic (exact) mass is 231 g/mol. The van der Waals surface area contributed by atoms with Crippen LogP contribution in [0.4, 0.5) is 11.4 Å². The van der Waals surface area contributed by atoms with Gasteiger partial charge in [0.05, 0.1) is 5.69 Å². The van der Waals surface area contributed by atoms with E-state index in [2.05, 4.69) is 4.72 Å². The Kier molecular flexibility index (Phi) is 3.51. The number of nitrogens with zero attached hydrogens (tertiary/aromatic N) is 1. The first-order chi connectivity index (χ1) is 6.97. The highest BCUT2D eigenvalue weighted by Gasteiger charge is 2.18. The third-order valence-corrected chi connectivity index (χ3v) is 2.99. The predicted molar refractivity (Wildman–Crippen MR) is 57.7 cm³/mol. The fourth-order valence-corrected chi connectivity index (χ4v) is 1.87. The van der Waals surface area contributed by atoms with Crippen LogP contribution < -0.4 is 14.9 Å². The molecule has 0 aliphatic heterocycles. The maximum absolute atomic E-state index is 11.3. The van der Waals surface area contributed by atoms with E-state index in [9.17, 15) is 13.6 Å². The molecule has 0 saturated carbocycles. The highest BCUT2D eigenvalue weighted by atomic mass is 32.2. The highest BCUT2D eigenvalue weighted by Crippen LogP contribution is 2.16. The first-order valence-corrected chi connectivity index (χ1v) is 5.75. The number of nitrogens with two attached hydrogens (primary N) is 1. The van der Waals surface area contributed by atoms with Crippen LogP contribution in [0.3, 0.4) is 0 Å². The van der Waals surface area contributed by atoms with Gasteiger partial charge in [0.1, 0.15) is 0 Å². The summed E-state index contributed by atoms with van der Waals surface area (Å²) in [5, 5.41) is 9.41. The molecule has 0 heterocycles. The molecule has 0 aliphatic rings. The van der Waals surface area contributed by atoms with Crippen LogP contribution in [0.5, 0.6) is 0 Å². The molecule has 0 atom stereocenters. The normalized spacial score (nSPS) is 11.3. The number of nitrogen functional groups attached to an aromatic ring is 1. The summed E-state index contributed by atoms with van der Waals surface area (Å²) in [5.74, 6) is 0. The van der Waals surface area contributed by atoms with Crippen molar-refractivity contribution in [2.75, 3.05) is 16.7 Å². The van der Waals surface area contributed by atoms with Crippen LogP contribution in [-0.2, 0) is 10.2 Å². The van der Waals surface area contributed by atoms with Crippen molar-refractivity contribution >= 4 is 21.6 Å². The molecule has 0 amide bonds. The van der Waals surface area contributed by atoms with Gasteiger partial charge in [-0.25, -0.2) is 0 Å². The minimum absolute atomic E-state index is 0.130. The molecular formula is C8H13N3O3S. The van der Waals surface area contributed by atoms with Crippen LogP contribution in [0, 0.1) is 0 Å². The van der Waals surface area contributed by atoms with E-state index in [1.807, 2.05) is 0 Å². The fourth-order valence-electron chi connectivity index (χ4n) is 0.984. The molecule has 6 nitrogen and oxygen atoms in total. The number of nitrogens with one attached hydrogen (secondary N) is 1. The predicted octanol–water partition coefficient (Wildman–Crippen LogP) is 0.319. The molecule has 15 heavy (non-hydrogen) atoms. The van der Waals surface area contributed by atoms with Crippen LogP contribution in [0.15, 0.2) is 24.3 Å². The SMILES string of the molecule is CCNS(=O)(=O)N(O)c1ccc(N)cc1. The number of rotatable bonds is 4. The van der Waals surface area contributed by atoms with Crippen molar-refractivity contribution in [3.63, 3.8) is 0 Å². The van der Waals surface area contributed by atoms with Gasteiger partial charge in [0.2, 0.25) is 0 Å². The molecule has 7 heteroatoms. The van der Waals surface area contributed by atoms with Gasteiger partial charge in [-0.3, -0.25) is 5.21 Å². The standard InChI is InChI=1S/C8H13N3O3S/c1-2-10-15(13,14)11(12)8-5-3-7(9)4-6-8/h3-6,10,12H,2,9H2,1H3. The zero-order chi connectivity index (χ0) is 11.5. The second-order valence-electron chi connectivity index (χ2n) is 2.84. The molecule has 0 aliphatic carbocycles. The summed E-state index contributed by atoms with van der Waals surface area (Å²) in [6, 6.07) is 5.81. The second kappa shape index (κ2) is 4.47. The summed E-state index contributed by atoms with van der Waals surface area (Å²) in [5.41, 5.74) is 6.05. The molecule has 0 aromatic heterocycles. The van der Waals surface area contributed by atoms with Gasteiger partial charge in [-0.1, -0.05) is 6.92 Å². The molecule has 1 rings (SSSR count). The van der Waals surface area contributed by atoms with Gasteiger partial charge < -0.3 is 5.73 Å². The summed E-state index contributed by atoms with van der Waals surface area (Å²) in [7, 11) is -3.88. The molecule has 0 radical (unpaired) electrons. The lowest BCUT2D eigenvalue weighted by atomic mass is 10.3. The topological polar surface area (TPSA) is 95.7 Å². The third-order valence-electron chi connectivity index (χ3n) is 1.67. The molecule has 0 spiro atoms. The molecule has 0 bridgehead atoms. The smallest absolute Gasteiger partial charge is 0.324 e.